The lowest BCUT2D eigenvalue weighted by Gasteiger charge is -2.22. The molecule has 0 saturated carbocycles. The van der Waals surface area contributed by atoms with Gasteiger partial charge in [0.15, 0.2) is 11.5 Å². The number of hydrogen-bond acceptors (Lipinski definition) is 4. The zero-order valence-electron chi connectivity index (χ0n) is 15.1. The lowest BCUT2D eigenvalue weighted by atomic mass is 9.91. The van der Waals surface area contributed by atoms with Gasteiger partial charge in [-0.15, -0.1) is 0 Å². The maximum Gasteiger partial charge on any atom is 0.203 e. The van der Waals surface area contributed by atoms with E-state index in [9.17, 15) is 5.11 Å². The van der Waals surface area contributed by atoms with Crippen LogP contribution >= 0.6 is 0 Å². The van der Waals surface area contributed by atoms with E-state index in [1.807, 2.05) is 60.7 Å². The first-order chi connectivity index (χ1) is 12.7. The zero-order chi connectivity index (χ0) is 18.5. The van der Waals surface area contributed by atoms with E-state index in [2.05, 4.69) is 0 Å². The molecular formula is C22H22O4. The zero-order valence-corrected chi connectivity index (χ0v) is 15.1. The van der Waals surface area contributed by atoms with Crippen LogP contribution in [0, 0.1) is 0 Å². The smallest absolute Gasteiger partial charge is 0.203 e. The second-order valence-corrected chi connectivity index (χ2v) is 5.79. The quantitative estimate of drug-likeness (QED) is 0.713. The van der Waals surface area contributed by atoms with Gasteiger partial charge in [0.25, 0.3) is 0 Å². The first kappa shape index (κ1) is 17.8. The highest BCUT2D eigenvalue weighted by molar-refractivity contribution is 5.80. The maximum atomic E-state index is 11.1. The largest absolute Gasteiger partial charge is 0.493 e. The van der Waals surface area contributed by atoms with Gasteiger partial charge in [-0.3, -0.25) is 0 Å². The van der Waals surface area contributed by atoms with Crippen LogP contribution < -0.4 is 14.2 Å². The summed E-state index contributed by atoms with van der Waals surface area (Å²) in [6, 6.07) is 21.1. The van der Waals surface area contributed by atoms with E-state index < -0.39 is 6.10 Å². The Morgan fingerprint density at radius 1 is 0.731 bits per heavy atom. The molecule has 0 aliphatic carbocycles. The molecule has 0 amide bonds. The highest BCUT2D eigenvalue weighted by Crippen LogP contribution is 2.49. The molecule has 0 aliphatic rings. The van der Waals surface area contributed by atoms with Crippen molar-refractivity contribution >= 4 is 0 Å². The number of ether oxygens (including phenoxy) is 3. The predicted octanol–water partition coefficient (Wildman–Crippen LogP) is 4.46. The van der Waals surface area contributed by atoms with Crippen LogP contribution in [0.2, 0.25) is 0 Å². The monoisotopic (exact) mass is 350 g/mol. The minimum Gasteiger partial charge on any atom is -0.493 e. The van der Waals surface area contributed by atoms with Crippen LogP contribution in [0.1, 0.15) is 17.2 Å². The Hall–Kier alpha value is -2.98. The summed E-state index contributed by atoms with van der Waals surface area (Å²) in [5.41, 5.74) is 3.19. The molecule has 134 valence electrons. The number of aliphatic hydroxyl groups excluding tert-OH is 1. The van der Waals surface area contributed by atoms with Crippen molar-refractivity contribution in [1.29, 1.82) is 0 Å². The number of methoxy groups -OCH3 is 3. The van der Waals surface area contributed by atoms with E-state index in [1.165, 1.54) is 0 Å². The Morgan fingerprint density at radius 3 is 1.85 bits per heavy atom. The number of aliphatic hydroxyl groups is 1. The fraction of sp³-hybridized carbons (Fsp3) is 0.182. The molecule has 4 heteroatoms. The minimum absolute atomic E-state index is 0.498. The van der Waals surface area contributed by atoms with Crippen LogP contribution in [0.3, 0.4) is 0 Å². The second kappa shape index (κ2) is 7.93. The van der Waals surface area contributed by atoms with Crippen molar-refractivity contribution in [3.8, 4) is 28.4 Å². The third-order valence-corrected chi connectivity index (χ3v) is 4.33. The molecule has 0 bridgehead atoms. The lowest BCUT2D eigenvalue weighted by molar-refractivity contribution is 0.219. The Bertz CT molecular complexity index is 860. The molecule has 1 N–H and O–H groups in total. The minimum atomic E-state index is -0.833. The van der Waals surface area contributed by atoms with Crippen LogP contribution in [0.4, 0.5) is 0 Å². The third kappa shape index (κ3) is 3.24. The molecule has 4 nitrogen and oxygen atoms in total. The molecule has 1 atom stereocenters. The molecule has 3 aromatic carbocycles. The molecular weight excluding hydrogens is 328 g/mol. The SMILES string of the molecule is COc1cc(C(O)c2ccccc2)c(-c2ccccc2)c(OC)c1OC. The predicted molar refractivity (Wildman–Crippen MR) is 102 cm³/mol. The Balaban J connectivity index is 2.31. The molecule has 3 aromatic rings. The summed E-state index contributed by atoms with van der Waals surface area (Å²) in [7, 11) is 4.73. The maximum absolute atomic E-state index is 11.1. The summed E-state index contributed by atoms with van der Waals surface area (Å²) in [5, 5.41) is 11.1. The number of rotatable bonds is 6. The van der Waals surface area contributed by atoms with Crippen molar-refractivity contribution in [2.24, 2.45) is 0 Å². The molecule has 0 spiro atoms. The fourth-order valence-corrected chi connectivity index (χ4v) is 3.11. The van der Waals surface area contributed by atoms with Gasteiger partial charge in [-0.2, -0.15) is 0 Å². The molecule has 26 heavy (non-hydrogen) atoms. The van der Waals surface area contributed by atoms with Gasteiger partial charge < -0.3 is 19.3 Å². The van der Waals surface area contributed by atoms with E-state index in [0.29, 0.717) is 22.8 Å². The van der Waals surface area contributed by atoms with E-state index in [4.69, 9.17) is 14.2 Å². The summed E-state index contributed by atoms with van der Waals surface area (Å²) < 4.78 is 16.7. The molecule has 1 unspecified atom stereocenters. The summed E-state index contributed by atoms with van der Waals surface area (Å²) in [5.74, 6) is 1.54. The Labute approximate surface area is 153 Å². The van der Waals surface area contributed by atoms with Crippen molar-refractivity contribution in [3.63, 3.8) is 0 Å². The number of hydrogen-bond donors (Lipinski definition) is 1. The van der Waals surface area contributed by atoms with Gasteiger partial charge in [0, 0.05) is 11.1 Å². The topological polar surface area (TPSA) is 47.9 Å². The van der Waals surface area contributed by atoms with Gasteiger partial charge >= 0.3 is 0 Å². The molecule has 0 fully saturated rings. The normalized spacial score (nSPS) is 11.7. The first-order valence-electron chi connectivity index (χ1n) is 8.32. The average molecular weight is 350 g/mol. The van der Waals surface area contributed by atoms with Crippen LogP contribution in [-0.4, -0.2) is 26.4 Å². The van der Waals surface area contributed by atoms with Gasteiger partial charge in [-0.1, -0.05) is 60.7 Å². The van der Waals surface area contributed by atoms with Gasteiger partial charge in [-0.25, -0.2) is 0 Å². The van der Waals surface area contributed by atoms with Gasteiger partial charge in [0.1, 0.15) is 6.10 Å². The van der Waals surface area contributed by atoms with E-state index >= 15 is 0 Å². The highest BCUT2D eigenvalue weighted by atomic mass is 16.5. The van der Waals surface area contributed by atoms with Gasteiger partial charge in [-0.05, 0) is 17.2 Å². The van der Waals surface area contributed by atoms with Crippen molar-refractivity contribution in [1.82, 2.24) is 0 Å². The van der Waals surface area contributed by atoms with Crippen LogP contribution in [0.5, 0.6) is 17.2 Å². The van der Waals surface area contributed by atoms with Crippen LogP contribution in [0.15, 0.2) is 66.7 Å². The average Bonchev–Trinajstić information content (AvgIpc) is 2.72. The standard InChI is InChI=1S/C22H22O4/c1-24-18-14-17(20(23)16-12-8-5-9-13-16)19(15-10-6-4-7-11-15)22(26-3)21(18)25-2/h4-14,20,23H,1-3H3. The highest BCUT2D eigenvalue weighted by Gasteiger charge is 2.25. The number of benzene rings is 3. The molecule has 0 aliphatic heterocycles. The van der Waals surface area contributed by atoms with Crippen molar-refractivity contribution in [2.45, 2.75) is 6.10 Å². The molecule has 0 radical (unpaired) electrons. The summed E-state index contributed by atoms with van der Waals surface area (Å²) >= 11 is 0. The van der Waals surface area contributed by atoms with Crippen molar-refractivity contribution in [3.05, 3.63) is 77.9 Å². The summed E-state index contributed by atoms with van der Waals surface area (Å²) in [6.07, 6.45) is -0.833. The third-order valence-electron chi connectivity index (χ3n) is 4.33. The Morgan fingerprint density at radius 2 is 1.31 bits per heavy atom. The van der Waals surface area contributed by atoms with E-state index in [0.717, 1.165) is 16.7 Å². The van der Waals surface area contributed by atoms with E-state index in [1.54, 1.807) is 27.4 Å². The summed E-state index contributed by atoms with van der Waals surface area (Å²) in [6.45, 7) is 0. The fourth-order valence-electron chi connectivity index (χ4n) is 3.11. The first-order valence-corrected chi connectivity index (χ1v) is 8.32. The summed E-state index contributed by atoms with van der Waals surface area (Å²) in [4.78, 5) is 0. The van der Waals surface area contributed by atoms with Gasteiger partial charge in [0.05, 0.1) is 21.3 Å². The molecule has 0 aromatic heterocycles. The van der Waals surface area contributed by atoms with Crippen LogP contribution in [-0.2, 0) is 0 Å². The molecule has 3 rings (SSSR count). The van der Waals surface area contributed by atoms with Gasteiger partial charge in [0.2, 0.25) is 5.75 Å². The second-order valence-electron chi connectivity index (χ2n) is 5.79. The molecule has 0 saturated heterocycles. The van der Waals surface area contributed by atoms with Crippen molar-refractivity contribution in [2.75, 3.05) is 21.3 Å². The van der Waals surface area contributed by atoms with Crippen molar-refractivity contribution < 1.29 is 19.3 Å². The van der Waals surface area contributed by atoms with Crippen LogP contribution in [0.25, 0.3) is 11.1 Å². The van der Waals surface area contributed by atoms with E-state index in [-0.39, 0.29) is 0 Å². The lowest BCUT2D eigenvalue weighted by Crippen LogP contribution is -2.06. The Kier molecular flexibility index (Phi) is 5.44. The molecule has 0 heterocycles.